The van der Waals surface area contributed by atoms with Gasteiger partial charge in [-0.25, -0.2) is 15.0 Å². The Labute approximate surface area is 258 Å². The molecule has 0 amide bonds. The number of rotatable bonds is 3. The van der Waals surface area contributed by atoms with E-state index in [-0.39, 0.29) is 0 Å². The van der Waals surface area contributed by atoms with Crippen molar-refractivity contribution >= 4 is 43.5 Å². The lowest BCUT2D eigenvalue weighted by Gasteiger charge is -2.12. The van der Waals surface area contributed by atoms with E-state index in [0.29, 0.717) is 17.5 Å². The molecule has 0 unspecified atom stereocenters. The molecule has 0 saturated heterocycles. The number of benzene rings is 7. The number of hydrogen-bond donors (Lipinski definition) is 0. The van der Waals surface area contributed by atoms with Crippen LogP contribution in [0.4, 0.5) is 0 Å². The van der Waals surface area contributed by atoms with Crippen molar-refractivity contribution in [1.82, 2.24) is 15.0 Å². The number of furan rings is 1. The van der Waals surface area contributed by atoms with Crippen LogP contribution in [0.3, 0.4) is 0 Å². The second-order valence-corrected chi connectivity index (χ2v) is 11.6. The van der Waals surface area contributed by atoms with Crippen LogP contribution in [-0.2, 0) is 0 Å². The van der Waals surface area contributed by atoms with Crippen LogP contribution in [0, 0.1) is 0 Å². The molecule has 0 saturated carbocycles. The topological polar surface area (TPSA) is 51.8 Å². The Bertz CT molecular complexity index is 2640. The second-order valence-electron chi connectivity index (χ2n) is 11.6. The molecule has 0 spiro atoms. The zero-order valence-corrected chi connectivity index (χ0v) is 24.0. The SMILES string of the molecule is c1ccc2c(c1)-c1cccc3c(-c4nc(-c5ccc6ccccc6c5)nc(-c5ccc6oc7ccccc7c6c5)n4)ccc-2c13. The highest BCUT2D eigenvalue weighted by atomic mass is 16.3. The Morgan fingerprint density at radius 1 is 0.356 bits per heavy atom. The number of fused-ring (bicyclic) bond motifs is 7. The van der Waals surface area contributed by atoms with Gasteiger partial charge in [-0.05, 0) is 80.2 Å². The highest BCUT2D eigenvalue weighted by Gasteiger charge is 2.23. The maximum absolute atomic E-state index is 6.12. The van der Waals surface area contributed by atoms with Crippen molar-refractivity contribution in [1.29, 1.82) is 0 Å². The van der Waals surface area contributed by atoms with Gasteiger partial charge in [-0.15, -0.1) is 0 Å². The Balaban J connectivity index is 1.23. The van der Waals surface area contributed by atoms with E-state index in [9.17, 15) is 0 Å². The molecule has 45 heavy (non-hydrogen) atoms. The molecule has 9 aromatic rings. The molecule has 4 heteroatoms. The quantitative estimate of drug-likeness (QED) is 0.211. The highest BCUT2D eigenvalue weighted by Crippen LogP contribution is 2.49. The van der Waals surface area contributed by atoms with Gasteiger partial charge in [0.25, 0.3) is 0 Å². The molecule has 0 radical (unpaired) electrons. The average molecular weight is 574 g/mol. The van der Waals surface area contributed by atoms with Gasteiger partial charge in [-0.1, -0.05) is 103 Å². The van der Waals surface area contributed by atoms with Gasteiger partial charge in [-0.3, -0.25) is 0 Å². The molecule has 4 nitrogen and oxygen atoms in total. The lowest BCUT2D eigenvalue weighted by Crippen LogP contribution is -2.00. The Hall–Kier alpha value is -6.13. The summed E-state index contributed by atoms with van der Waals surface area (Å²) in [7, 11) is 0. The van der Waals surface area contributed by atoms with E-state index in [4.69, 9.17) is 19.4 Å². The zero-order valence-electron chi connectivity index (χ0n) is 24.0. The summed E-state index contributed by atoms with van der Waals surface area (Å²) in [6.45, 7) is 0. The van der Waals surface area contributed by atoms with Gasteiger partial charge in [0.05, 0.1) is 0 Å². The second kappa shape index (κ2) is 9.18. The van der Waals surface area contributed by atoms with E-state index >= 15 is 0 Å². The molecule has 7 aromatic carbocycles. The number of para-hydroxylation sites is 1. The van der Waals surface area contributed by atoms with Crippen molar-refractivity contribution in [2.75, 3.05) is 0 Å². The summed E-state index contributed by atoms with van der Waals surface area (Å²) in [4.78, 5) is 15.4. The van der Waals surface area contributed by atoms with E-state index in [0.717, 1.165) is 49.4 Å². The van der Waals surface area contributed by atoms with Crippen LogP contribution in [0.25, 0.3) is 99.9 Å². The lowest BCUT2D eigenvalue weighted by molar-refractivity contribution is 0.669. The molecule has 0 fully saturated rings. The summed E-state index contributed by atoms with van der Waals surface area (Å²) in [6.07, 6.45) is 0. The van der Waals surface area contributed by atoms with E-state index in [2.05, 4.69) is 109 Å². The highest BCUT2D eigenvalue weighted by molar-refractivity contribution is 6.18. The first-order valence-corrected chi connectivity index (χ1v) is 15.1. The molecular formula is C41H23N3O. The predicted molar refractivity (Wildman–Crippen MR) is 183 cm³/mol. The van der Waals surface area contributed by atoms with Gasteiger partial charge >= 0.3 is 0 Å². The third-order valence-electron chi connectivity index (χ3n) is 9.07. The van der Waals surface area contributed by atoms with Crippen LogP contribution in [0.15, 0.2) is 144 Å². The van der Waals surface area contributed by atoms with Crippen molar-refractivity contribution < 1.29 is 4.42 Å². The summed E-state index contributed by atoms with van der Waals surface area (Å²) in [5.41, 5.74) is 9.60. The summed E-state index contributed by atoms with van der Waals surface area (Å²) in [5.74, 6) is 1.92. The minimum Gasteiger partial charge on any atom is -0.456 e. The van der Waals surface area contributed by atoms with Gasteiger partial charge in [0.15, 0.2) is 17.5 Å². The predicted octanol–water partition coefficient (Wildman–Crippen LogP) is 10.7. The average Bonchev–Trinajstić information content (AvgIpc) is 3.64. The Kier molecular flexibility index (Phi) is 4.96. The first-order valence-electron chi connectivity index (χ1n) is 15.1. The number of nitrogens with zero attached hydrogens (tertiary/aromatic N) is 3. The maximum atomic E-state index is 6.12. The van der Waals surface area contributed by atoms with Gasteiger partial charge in [0, 0.05) is 27.5 Å². The smallest absolute Gasteiger partial charge is 0.164 e. The molecular weight excluding hydrogens is 550 g/mol. The van der Waals surface area contributed by atoms with Crippen LogP contribution in [0.5, 0.6) is 0 Å². The van der Waals surface area contributed by atoms with Gasteiger partial charge in [0.2, 0.25) is 0 Å². The minimum absolute atomic E-state index is 0.627. The molecule has 1 aliphatic carbocycles. The third kappa shape index (κ3) is 3.63. The van der Waals surface area contributed by atoms with Crippen molar-refractivity contribution in [3.63, 3.8) is 0 Å². The lowest BCUT2D eigenvalue weighted by atomic mass is 9.98. The fourth-order valence-electron chi connectivity index (χ4n) is 6.95. The van der Waals surface area contributed by atoms with Crippen LogP contribution in [0.1, 0.15) is 0 Å². The van der Waals surface area contributed by atoms with Crippen molar-refractivity contribution in [2.24, 2.45) is 0 Å². The largest absolute Gasteiger partial charge is 0.456 e. The minimum atomic E-state index is 0.627. The number of aromatic nitrogens is 3. The maximum Gasteiger partial charge on any atom is 0.164 e. The number of hydrogen-bond acceptors (Lipinski definition) is 4. The zero-order chi connectivity index (χ0) is 29.5. The first kappa shape index (κ1) is 24.3. The Morgan fingerprint density at radius 3 is 1.82 bits per heavy atom. The van der Waals surface area contributed by atoms with E-state index < -0.39 is 0 Å². The van der Waals surface area contributed by atoms with E-state index in [1.165, 1.54) is 33.0 Å². The van der Waals surface area contributed by atoms with Crippen molar-refractivity contribution in [3.05, 3.63) is 140 Å². The molecule has 1 aliphatic rings. The van der Waals surface area contributed by atoms with E-state index in [1.807, 2.05) is 30.3 Å². The van der Waals surface area contributed by atoms with Crippen LogP contribution < -0.4 is 0 Å². The molecule has 0 atom stereocenters. The molecule has 10 rings (SSSR count). The molecule has 0 aliphatic heterocycles. The molecule has 2 heterocycles. The first-order chi connectivity index (χ1) is 22.3. The van der Waals surface area contributed by atoms with Crippen LogP contribution in [-0.4, -0.2) is 15.0 Å². The van der Waals surface area contributed by atoms with Crippen LogP contribution in [0.2, 0.25) is 0 Å². The monoisotopic (exact) mass is 573 g/mol. The van der Waals surface area contributed by atoms with Crippen LogP contribution >= 0.6 is 0 Å². The van der Waals surface area contributed by atoms with Gasteiger partial charge in [-0.2, -0.15) is 0 Å². The third-order valence-corrected chi connectivity index (χ3v) is 9.07. The molecule has 0 bridgehead atoms. The molecule has 0 N–H and O–H groups in total. The van der Waals surface area contributed by atoms with Crippen molar-refractivity contribution in [2.45, 2.75) is 0 Å². The summed E-state index contributed by atoms with van der Waals surface area (Å²) in [6, 6.07) is 48.6. The fourth-order valence-corrected chi connectivity index (χ4v) is 6.95. The van der Waals surface area contributed by atoms with Gasteiger partial charge in [0.1, 0.15) is 11.2 Å². The fraction of sp³-hybridized carbons (Fsp3) is 0. The summed E-state index contributed by atoms with van der Waals surface area (Å²) < 4.78 is 6.12. The summed E-state index contributed by atoms with van der Waals surface area (Å²) >= 11 is 0. The van der Waals surface area contributed by atoms with Crippen molar-refractivity contribution in [3.8, 4) is 56.4 Å². The normalized spacial score (nSPS) is 12.0. The molecule has 208 valence electrons. The van der Waals surface area contributed by atoms with Gasteiger partial charge < -0.3 is 4.42 Å². The Morgan fingerprint density at radius 2 is 0.956 bits per heavy atom. The summed E-state index contributed by atoms with van der Waals surface area (Å²) in [5, 5.41) is 6.83. The van der Waals surface area contributed by atoms with E-state index in [1.54, 1.807) is 0 Å². The standard InChI is InChI=1S/C41H23N3O/c1-2-9-25-22-26(17-16-24(25)8-1)39-42-40(27-18-21-37-35(23-27)30-12-5-6-15-36(30)45-37)44-41(43-39)34-20-19-33-29-11-4-3-10-28(29)31-13-7-14-32(34)38(31)33/h1-23H. The molecule has 2 aromatic heterocycles.